The Hall–Kier alpha value is -1.57. The van der Waals surface area contributed by atoms with Gasteiger partial charge < -0.3 is 4.74 Å². The molecule has 0 aliphatic heterocycles. The highest BCUT2D eigenvalue weighted by Crippen LogP contribution is 2.34. The molecule has 2 heteroatoms. The summed E-state index contributed by atoms with van der Waals surface area (Å²) in [7, 11) is 0. The maximum absolute atomic E-state index is 12.6. The van der Waals surface area contributed by atoms with E-state index in [1.54, 1.807) is 0 Å². The Bertz CT molecular complexity index is 673. The van der Waals surface area contributed by atoms with Gasteiger partial charge in [-0.05, 0) is 112 Å². The summed E-state index contributed by atoms with van der Waals surface area (Å²) in [6.45, 7) is 4.56. The second-order valence-corrected chi connectivity index (χ2v) is 10.4. The predicted octanol–water partition coefficient (Wildman–Crippen LogP) is 8.68. The lowest BCUT2D eigenvalue weighted by atomic mass is 9.79. The predicted molar refractivity (Wildman–Crippen MR) is 135 cm³/mol. The lowest BCUT2D eigenvalue weighted by Crippen LogP contribution is -2.25. The SMILES string of the molecule is CCCCCc1ccc(OC(=O)C2CCC(CCC=CC3CCC(CC)CC3)CC2)cc1. The highest BCUT2D eigenvalue weighted by atomic mass is 16.5. The van der Waals surface area contributed by atoms with E-state index in [9.17, 15) is 4.79 Å². The Labute approximate surface area is 197 Å². The van der Waals surface area contributed by atoms with Crippen molar-refractivity contribution in [3.05, 3.63) is 42.0 Å². The first-order valence-electron chi connectivity index (χ1n) is 13.6. The second-order valence-electron chi connectivity index (χ2n) is 10.4. The third-order valence-electron chi connectivity index (χ3n) is 8.01. The molecule has 2 nitrogen and oxygen atoms in total. The van der Waals surface area contributed by atoms with Crippen LogP contribution in [-0.4, -0.2) is 5.97 Å². The number of carbonyl (C=O) groups is 1. The molecule has 0 amide bonds. The molecule has 0 aromatic heterocycles. The highest BCUT2D eigenvalue weighted by molar-refractivity contribution is 5.75. The lowest BCUT2D eigenvalue weighted by Gasteiger charge is -2.27. The van der Waals surface area contributed by atoms with E-state index < -0.39 is 0 Å². The van der Waals surface area contributed by atoms with Crippen molar-refractivity contribution in [2.24, 2.45) is 23.7 Å². The number of hydrogen-bond acceptors (Lipinski definition) is 2. The first kappa shape index (κ1) is 25.1. The van der Waals surface area contributed by atoms with E-state index >= 15 is 0 Å². The molecule has 0 atom stereocenters. The molecule has 0 bridgehead atoms. The summed E-state index contributed by atoms with van der Waals surface area (Å²) < 4.78 is 5.70. The minimum Gasteiger partial charge on any atom is -0.426 e. The van der Waals surface area contributed by atoms with Crippen LogP contribution in [0.2, 0.25) is 0 Å². The van der Waals surface area contributed by atoms with E-state index in [-0.39, 0.29) is 11.9 Å². The molecule has 0 saturated heterocycles. The largest absolute Gasteiger partial charge is 0.426 e. The lowest BCUT2D eigenvalue weighted by molar-refractivity contribution is -0.140. The molecule has 2 saturated carbocycles. The van der Waals surface area contributed by atoms with Crippen molar-refractivity contribution in [3.8, 4) is 5.75 Å². The quantitative estimate of drug-likeness (QED) is 0.149. The number of aryl methyl sites for hydroxylation is 1. The molecule has 2 fully saturated rings. The average molecular weight is 439 g/mol. The van der Waals surface area contributed by atoms with Crippen molar-refractivity contribution in [1.82, 2.24) is 0 Å². The van der Waals surface area contributed by atoms with Crippen molar-refractivity contribution >= 4 is 5.97 Å². The molecule has 3 rings (SSSR count). The van der Waals surface area contributed by atoms with Crippen LogP contribution in [0.15, 0.2) is 36.4 Å². The van der Waals surface area contributed by atoms with Gasteiger partial charge in [-0.25, -0.2) is 0 Å². The molecule has 1 aromatic carbocycles. The van der Waals surface area contributed by atoms with E-state index in [1.807, 2.05) is 12.1 Å². The van der Waals surface area contributed by atoms with Gasteiger partial charge in [0.1, 0.15) is 5.75 Å². The van der Waals surface area contributed by atoms with Crippen molar-refractivity contribution in [1.29, 1.82) is 0 Å². The van der Waals surface area contributed by atoms with Gasteiger partial charge in [0, 0.05) is 0 Å². The third-order valence-corrected chi connectivity index (χ3v) is 8.01. The van der Waals surface area contributed by atoms with Crippen LogP contribution >= 0.6 is 0 Å². The molecular formula is C30H46O2. The molecule has 2 aliphatic rings. The van der Waals surface area contributed by atoms with E-state index in [1.165, 1.54) is 82.6 Å². The van der Waals surface area contributed by atoms with Crippen LogP contribution in [0.3, 0.4) is 0 Å². The van der Waals surface area contributed by atoms with E-state index in [4.69, 9.17) is 4.74 Å². The number of carbonyl (C=O) groups excluding carboxylic acids is 1. The summed E-state index contributed by atoms with van der Waals surface area (Å²) in [6.07, 6.45) is 23.6. The van der Waals surface area contributed by atoms with Gasteiger partial charge in [0.2, 0.25) is 0 Å². The first-order chi connectivity index (χ1) is 15.7. The third kappa shape index (κ3) is 8.41. The summed E-state index contributed by atoms with van der Waals surface area (Å²) in [5.41, 5.74) is 1.33. The van der Waals surface area contributed by atoms with Crippen LogP contribution in [0.5, 0.6) is 5.75 Å². The Kier molecular flexibility index (Phi) is 10.9. The zero-order valence-electron chi connectivity index (χ0n) is 20.7. The van der Waals surface area contributed by atoms with E-state index in [2.05, 4.69) is 38.1 Å². The maximum Gasteiger partial charge on any atom is 0.314 e. The standard InChI is InChI=1S/C30H46O2/c1-3-5-6-9-27-18-22-29(23-19-27)32-30(31)28-20-16-26(17-21-28)11-8-7-10-25-14-12-24(4-2)13-15-25/h7,10,18-19,22-26,28H,3-6,8-9,11-17,20-21H2,1-2H3. The number of esters is 1. The smallest absolute Gasteiger partial charge is 0.314 e. The van der Waals surface area contributed by atoms with Gasteiger partial charge in [0.05, 0.1) is 5.92 Å². The minimum atomic E-state index is -0.0234. The number of benzene rings is 1. The maximum atomic E-state index is 12.6. The van der Waals surface area contributed by atoms with Crippen molar-refractivity contribution < 1.29 is 9.53 Å². The Morgan fingerprint density at radius 2 is 1.59 bits per heavy atom. The zero-order valence-corrected chi connectivity index (χ0v) is 20.7. The molecule has 2 aliphatic carbocycles. The molecular weight excluding hydrogens is 392 g/mol. The van der Waals surface area contributed by atoms with Gasteiger partial charge in [0.25, 0.3) is 0 Å². The Morgan fingerprint density at radius 1 is 0.906 bits per heavy atom. The number of rotatable bonds is 11. The van der Waals surface area contributed by atoms with Crippen molar-refractivity contribution in [2.75, 3.05) is 0 Å². The minimum absolute atomic E-state index is 0.0234. The molecule has 0 radical (unpaired) electrons. The Morgan fingerprint density at radius 3 is 2.25 bits per heavy atom. The van der Waals surface area contributed by atoms with E-state index in [0.717, 1.165) is 37.0 Å². The summed E-state index contributed by atoms with van der Waals surface area (Å²) in [4.78, 5) is 12.6. The average Bonchev–Trinajstić information content (AvgIpc) is 2.84. The van der Waals surface area contributed by atoms with E-state index in [0.29, 0.717) is 5.75 Å². The van der Waals surface area contributed by atoms with Gasteiger partial charge in [-0.2, -0.15) is 0 Å². The molecule has 0 spiro atoms. The fourth-order valence-electron chi connectivity index (χ4n) is 5.60. The van der Waals surface area contributed by atoms with Crippen LogP contribution < -0.4 is 4.74 Å². The monoisotopic (exact) mass is 438 g/mol. The van der Waals surface area contributed by atoms with Gasteiger partial charge in [-0.1, -0.05) is 57.4 Å². The Balaban J connectivity index is 1.30. The van der Waals surface area contributed by atoms with Gasteiger partial charge in [0.15, 0.2) is 0 Å². The van der Waals surface area contributed by atoms with Crippen LogP contribution in [0.25, 0.3) is 0 Å². The fourth-order valence-corrected chi connectivity index (χ4v) is 5.60. The molecule has 0 N–H and O–H groups in total. The summed E-state index contributed by atoms with van der Waals surface area (Å²) in [6, 6.07) is 8.15. The second kappa shape index (κ2) is 13.9. The number of allylic oxidation sites excluding steroid dienone is 2. The number of ether oxygens (including phenoxy) is 1. The highest BCUT2D eigenvalue weighted by Gasteiger charge is 2.27. The van der Waals surface area contributed by atoms with Crippen LogP contribution in [0, 0.1) is 23.7 Å². The zero-order chi connectivity index (χ0) is 22.6. The molecule has 178 valence electrons. The van der Waals surface area contributed by atoms with Gasteiger partial charge >= 0.3 is 5.97 Å². The number of unbranched alkanes of at least 4 members (excludes halogenated alkanes) is 2. The number of hydrogen-bond donors (Lipinski definition) is 0. The van der Waals surface area contributed by atoms with Crippen molar-refractivity contribution in [3.63, 3.8) is 0 Å². The fraction of sp³-hybridized carbons (Fsp3) is 0.700. The molecule has 1 aromatic rings. The van der Waals surface area contributed by atoms with Gasteiger partial charge in [-0.15, -0.1) is 0 Å². The summed E-state index contributed by atoms with van der Waals surface area (Å²) >= 11 is 0. The molecule has 0 heterocycles. The van der Waals surface area contributed by atoms with Gasteiger partial charge in [-0.3, -0.25) is 4.79 Å². The molecule has 0 unspecified atom stereocenters. The van der Waals surface area contributed by atoms with Crippen LogP contribution in [-0.2, 0) is 11.2 Å². The normalized spacial score (nSPS) is 26.3. The van der Waals surface area contributed by atoms with Crippen molar-refractivity contribution in [2.45, 2.75) is 110 Å². The van der Waals surface area contributed by atoms with Crippen LogP contribution in [0.1, 0.15) is 109 Å². The first-order valence-corrected chi connectivity index (χ1v) is 13.6. The summed E-state index contributed by atoms with van der Waals surface area (Å²) in [5.74, 6) is 3.35. The van der Waals surface area contributed by atoms with Crippen LogP contribution in [0.4, 0.5) is 0 Å². The summed E-state index contributed by atoms with van der Waals surface area (Å²) in [5, 5.41) is 0. The molecule has 32 heavy (non-hydrogen) atoms. The topological polar surface area (TPSA) is 26.3 Å².